The summed E-state index contributed by atoms with van der Waals surface area (Å²) in [5.41, 5.74) is 2.24. The minimum atomic E-state index is -0.951. The number of anilines is 1. The van der Waals surface area contributed by atoms with Crippen molar-refractivity contribution in [2.45, 2.75) is 6.42 Å². The van der Waals surface area contributed by atoms with Crippen LogP contribution in [0.2, 0.25) is 0 Å². The molecule has 148 valence electrons. The molecule has 0 aliphatic heterocycles. The molecule has 2 heterocycles. The number of nitrogens with one attached hydrogen (secondary N) is 3. The van der Waals surface area contributed by atoms with Crippen molar-refractivity contribution >= 4 is 30.2 Å². The van der Waals surface area contributed by atoms with Gasteiger partial charge in [-0.15, -0.1) is 0 Å². The zero-order chi connectivity index (χ0) is 20.4. The number of aliphatic imine (C=N–C) groups is 1. The van der Waals surface area contributed by atoms with Crippen LogP contribution >= 0.6 is 0 Å². The molecule has 0 aromatic carbocycles. The number of nitrogens with zero attached hydrogens (tertiary/aromatic N) is 2. The fourth-order valence-corrected chi connectivity index (χ4v) is 2.17. The minimum Gasteiger partial charge on any atom is -0.464 e. The normalized spacial score (nSPS) is 10.4. The molecule has 28 heavy (non-hydrogen) atoms. The van der Waals surface area contributed by atoms with Gasteiger partial charge in [-0.25, -0.2) is 14.4 Å². The number of ether oxygens (including phenoxy) is 3. The van der Waals surface area contributed by atoms with Crippen LogP contribution in [0, 0.1) is 0 Å². The number of aromatic nitrogens is 2. The molecule has 0 atom stereocenters. The lowest BCUT2D eigenvalue weighted by Gasteiger charge is -2.06. The lowest BCUT2D eigenvalue weighted by Crippen LogP contribution is -2.26. The Balaban J connectivity index is 2.05. The number of alkyl carbamates (subject to hydrolysis) is 1. The fourth-order valence-electron chi connectivity index (χ4n) is 2.17. The van der Waals surface area contributed by atoms with E-state index in [1.165, 1.54) is 14.2 Å². The standard InChI is InChI=1S/C17H19N5O6/c1-26-15(23)14-13(12(8-19-14)6-11-4-3-5-18-7-11)20-9-21-17(25)28-10-22-16(24)27-2/h3-5,7-9,19H,6,10H2,1-2H3,(H,22,24)(H,20,21,25). The van der Waals surface area contributed by atoms with Crippen molar-refractivity contribution in [3.05, 3.63) is 47.5 Å². The molecule has 0 radical (unpaired) electrons. The molecule has 11 heteroatoms. The van der Waals surface area contributed by atoms with Crippen LogP contribution in [0.4, 0.5) is 15.3 Å². The second-order valence-corrected chi connectivity index (χ2v) is 5.22. The third-order valence-electron chi connectivity index (χ3n) is 3.45. The van der Waals surface area contributed by atoms with Crippen LogP contribution in [-0.4, -0.2) is 55.4 Å². The lowest BCUT2D eigenvalue weighted by molar-refractivity contribution is 0.0596. The summed E-state index contributed by atoms with van der Waals surface area (Å²) in [7, 11) is 2.44. The number of H-pyrrole nitrogens is 1. The molecular formula is C17H19N5O6. The van der Waals surface area contributed by atoms with Gasteiger partial charge in [-0.05, 0) is 17.2 Å². The summed E-state index contributed by atoms with van der Waals surface area (Å²) in [6.45, 7) is -0.396. The van der Waals surface area contributed by atoms with Gasteiger partial charge >= 0.3 is 18.2 Å². The summed E-state index contributed by atoms with van der Waals surface area (Å²) in [4.78, 5) is 44.7. The van der Waals surface area contributed by atoms with E-state index in [0.717, 1.165) is 17.5 Å². The molecule has 11 nitrogen and oxygen atoms in total. The van der Waals surface area contributed by atoms with Crippen LogP contribution in [0.15, 0.2) is 35.7 Å². The highest BCUT2D eigenvalue weighted by Crippen LogP contribution is 2.23. The van der Waals surface area contributed by atoms with Crippen molar-refractivity contribution in [3.63, 3.8) is 0 Å². The summed E-state index contributed by atoms with van der Waals surface area (Å²) >= 11 is 0. The van der Waals surface area contributed by atoms with E-state index in [0.29, 0.717) is 12.1 Å². The second-order valence-electron chi connectivity index (χ2n) is 5.22. The van der Waals surface area contributed by atoms with E-state index in [4.69, 9.17) is 4.74 Å². The second kappa shape index (κ2) is 10.3. The molecule has 2 aromatic heterocycles. The number of aromatic amines is 1. The van der Waals surface area contributed by atoms with E-state index >= 15 is 0 Å². The lowest BCUT2D eigenvalue weighted by atomic mass is 10.1. The average molecular weight is 389 g/mol. The van der Waals surface area contributed by atoms with Crippen molar-refractivity contribution in [1.29, 1.82) is 0 Å². The topological polar surface area (TPSA) is 144 Å². The van der Waals surface area contributed by atoms with Crippen LogP contribution in [-0.2, 0) is 20.6 Å². The molecule has 0 saturated carbocycles. The van der Waals surface area contributed by atoms with Gasteiger partial charge in [0, 0.05) is 25.0 Å². The predicted octanol–water partition coefficient (Wildman–Crippen LogP) is 1.68. The summed E-state index contributed by atoms with van der Waals surface area (Å²) < 4.78 is 13.7. The smallest absolute Gasteiger partial charge is 0.436 e. The Kier molecular flexibility index (Phi) is 7.52. The van der Waals surface area contributed by atoms with Gasteiger partial charge in [-0.3, -0.25) is 10.3 Å². The number of amides is 2. The van der Waals surface area contributed by atoms with Gasteiger partial charge in [0.15, 0.2) is 6.73 Å². The summed E-state index contributed by atoms with van der Waals surface area (Å²) in [6.07, 6.45) is 4.86. The highest BCUT2D eigenvalue weighted by atomic mass is 16.6. The number of esters is 1. The van der Waals surface area contributed by atoms with E-state index in [2.05, 4.69) is 35.1 Å². The molecule has 2 amide bonds. The van der Waals surface area contributed by atoms with Gasteiger partial charge in [0.2, 0.25) is 0 Å². The number of hydrogen-bond acceptors (Lipinski definition) is 7. The average Bonchev–Trinajstić information content (AvgIpc) is 3.10. The Morgan fingerprint density at radius 3 is 2.79 bits per heavy atom. The van der Waals surface area contributed by atoms with Crippen molar-refractivity contribution in [2.75, 3.05) is 26.3 Å². The van der Waals surface area contributed by atoms with Crippen molar-refractivity contribution in [1.82, 2.24) is 15.3 Å². The molecule has 0 fully saturated rings. The first-order valence-electron chi connectivity index (χ1n) is 8.00. The largest absolute Gasteiger partial charge is 0.464 e. The number of methoxy groups -OCH3 is 2. The Morgan fingerprint density at radius 1 is 1.29 bits per heavy atom. The van der Waals surface area contributed by atoms with Gasteiger partial charge in [-0.2, -0.15) is 4.99 Å². The molecule has 0 unspecified atom stereocenters. The van der Waals surface area contributed by atoms with E-state index in [1.807, 2.05) is 6.07 Å². The summed E-state index contributed by atoms with van der Waals surface area (Å²) in [5, 5.41) is 4.95. The van der Waals surface area contributed by atoms with Crippen molar-refractivity contribution in [3.8, 4) is 0 Å². The molecule has 3 N–H and O–H groups in total. The Bertz CT molecular complexity index is 849. The summed E-state index contributed by atoms with van der Waals surface area (Å²) in [5.74, 6) is -0.585. The zero-order valence-corrected chi connectivity index (χ0v) is 15.2. The molecule has 0 aliphatic carbocycles. The number of carbonyl (C=O) groups excluding carboxylic acids is 3. The van der Waals surface area contributed by atoms with E-state index in [9.17, 15) is 14.4 Å². The number of carbonyl (C=O) groups is 3. The number of rotatable bonds is 7. The first-order chi connectivity index (χ1) is 13.5. The quantitative estimate of drug-likeness (QED) is 0.213. The van der Waals surface area contributed by atoms with Gasteiger partial charge in [0.25, 0.3) is 0 Å². The van der Waals surface area contributed by atoms with Crippen molar-refractivity contribution in [2.24, 2.45) is 4.99 Å². The Labute approximate surface area is 160 Å². The maximum Gasteiger partial charge on any atom is 0.436 e. The third kappa shape index (κ3) is 5.83. The number of hydrogen-bond donors (Lipinski definition) is 3. The SMILES string of the molecule is COC(=O)NCOC(=O)/N=C/Nc1c(Cc2cccnc2)c[nH]c1C(=O)OC. The maximum absolute atomic E-state index is 11.9. The van der Waals surface area contributed by atoms with E-state index < -0.39 is 24.9 Å². The third-order valence-corrected chi connectivity index (χ3v) is 3.45. The van der Waals surface area contributed by atoms with Crippen LogP contribution in [0.3, 0.4) is 0 Å². The molecule has 2 aromatic rings. The molecule has 0 saturated heterocycles. The van der Waals surface area contributed by atoms with E-state index in [-0.39, 0.29) is 5.69 Å². The van der Waals surface area contributed by atoms with Crippen LogP contribution in [0.25, 0.3) is 0 Å². The first-order valence-corrected chi connectivity index (χ1v) is 8.00. The Hall–Kier alpha value is -3.89. The van der Waals surface area contributed by atoms with Gasteiger partial charge in [0.1, 0.15) is 5.69 Å². The van der Waals surface area contributed by atoms with Crippen molar-refractivity contribution < 1.29 is 28.6 Å². The number of pyridine rings is 1. The molecule has 0 spiro atoms. The van der Waals surface area contributed by atoms with Gasteiger partial charge in [-0.1, -0.05) is 6.07 Å². The first kappa shape index (κ1) is 20.4. The minimum absolute atomic E-state index is 0.175. The highest BCUT2D eigenvalue weighted by molar-refractivity contribution is 5.98. The fraction of sp³-hybridized carbons (Fsp3) is 0.235. The zero-order valence-electron chi connectivity index (χ0n) is 15.2. The van der Waals surface area contributed by atoms with Crippen LogP contribution in [0.1, 0.15) is 21.6 Å². The summed E-state index contributed by atoms with van der Waals surface area (Å²) in [6, 6.07) is 3.69. The molecular weight excluding hydrogens is 370 g/mol. The highest BCUT2D eigenvalue weighted by Gasteiger charge is 2.18. The van der Waals surface area contributed by atoms with Crippen LogP contribution < -0.4 is 10.6 Å². The molecule has 0 bridgehead atoms. The van der Waals surface area contributed by atoms with Crippen LogP contribution in [0.5, 0.6) is 0 Å². The van der Waals surface area contributed by atoms with Gasteiger partial charge in [0.05, 0.1) is 26.2 Å². The molecule has 0 aliphatic rings. The monoisotopic (exact) mass is 389 g/mol. The van der Waals surface area contributed by atoms with Gasteiger partial charge < -0.3 is 24.5 Å². The molecule has 2 rings (SSSR count). The van der Waals surface area contributed by atoms with E-state index in [1.54, 1.807) is 24.7 Å². The predicted molar refractivity (Wildman–Crippen MR) is 98.2 cm³/mol. The Morgan fingerprint density at radius 2 is 2.11 bits per heavy atom. The maximum atomic E-state index is 11.9.